The average molecular weight is 256 g/mol. The number of ether oxygens (including phenoxy) is 1. The molecule has 2 aromatic rings. The number of hydrogen-bond acceptors (Lipinski definition) is 3. The van der Waals surface area contributed by atoms with E-state index in [9.17, 15) is 5.11 Å². The molecule has 0 unspecified atom stereocenters. The third-order valence-corrected chi connectivity index (χ3v) is 2.83. The van der Waals surface area contributed by atoms with Gasteiger partial charge >= 0.3 is 0 Å². The number of aromatic nitrogens is 1. The van der Waals surface area contributed by atoms with Gasteiger partial charge in [-0.15, -0.1) is 0 Å². The molecule has 0 radical (unpaired) electrons. The maximum atomic E-state index is 11.9. The van der Waals surface area contributed by atoms with Gasteiger partial charge in [0.2, 0.25) is 12.4 Å². The number of pyridine rings is 1. The summed E-state index contributed by atoms with van der Waals surface area (Å²) in [7, 11) is 1.59. The van der Waals surface area contributed by atoms with Crippen LogP contribution < -0.4 is 14.5 Å². The molecule has 1 aromatic carbocycles. The molecule has 0 saturated heterocycles. The van der Waals surface area contributed by atoms with Crippen molar-refractivity contribution in [3.63, 3.8) is 0 Å². The summed E-state index contributed by atoms with van der Waals surface area (Å²) in [6.07, 6.45) is 4.52. The number of nitrogens with zero attached hydrogens (tertiary/aromatic N) is 2. The summed E-state index contributed by atoms with van der Waals surface area (Å²) < 4.78 is 6.57. The van der Waals surface area contributed by atoms with Crippen molar-refractivity contribution in [2.75, 3.05) is 7.11 Å². The Hall–Kier alpha value is -2.36. The molecule has 1 aromatic heterocycles. The van der Waals surface area contributed by atoms with Gasteiger partial charge in [0.1, 0.15) is 5.75 Å². The second-order valence-corrected chi connectivity index (χ2v) is 4.07. The molecule has 98 valence electrons. The summed E-state index contributed by atoms with van der Waals surface area (Å²) in [6, 6.07) is 10.8. The van der Waals surface area contributed by atoms with Crippen LogP contribution in [-0.4, -0.2) is 13.0 Å². The molecule has 0 aliphatic carbocycles. The minimum Gasteiger partial charge on any atom is -0.854 e. The molecule has 0 bridgehead atoms. The van der Waals surface area contributed by atoms with Gasteiger partial charge in [-0.3, -0.25) is 0 Å². The summed E-state index contributed by atoms with van der Waals surface area (Å²) in [5, 5.41) is 15.9. The van der Waals surface area contributed by atoms with Crippen LogP contribution in [0.4, 0.5) is 0 Å². The molecule has 0 aliphatic heterocycles. The quantitative estimate of drug-likeness (QED) is 0.467. The van der Waals surface area contributed by atoms with Gasteiger partial charge in [-0.05, 0) is 34.8 Å². The zero-order valence-electron chi connectivity index (χ0n) is 11.0. The minimum atomic E-state index is -0.281. The number of rotatable bonds is 4. The number of methoxy groups -OCH3 is 1. The highest BCUT2D eigenvalue weighted by Crippen LogP contribution is 2.10. The van der Waals surface area contributed by atoms with Gasteiger partial charge in [0, 0.05) is 12.1 Å². The van der Waals surface area contributed by atoms with Crippen molar-refractivity contribution < 1.29 is 14.5 Å². The smallest absolute Gasteiger partial charge is 0.202 e. The maximum absolute atomic E-state index is 11.9. The van der Waals surface area contributed by atoms with Crippen LogP contribution in [-0.2, 0) is 6.42 Å². The first kappa shape index (κ1) is 13.1. The van der Waals surface area contributed by atoms with Gasteiger partial charge in [-0.1, -0.05) is 23.7 Å². The topological polar surface area (TPSA) is 48.5 Å². The molecule has 0 amide bonds. The van der Waals surface area contributed by atoms with Crippen LogP contribution >= 0.6 is 0 Å². The lowest BCUT2D eigenvalue weighted by Crippen LogP contribution is -2.33. The van der Waals surface area contributed by atoms with Crippen LogP contribution in [0.1, 0.15) is 18.1 Å². The Morgan fingerprint density at radius 3 is 2.32 bits per heavy atom. The first-order valence-electron chi connectivity index (χ1n) is 6.13. The van der Waals surface area contributed by atoms with Gasteiger partial charge in [-0.2, -0.15) is 0 Å². The zero-order chi connectivity index (χ0) is 13.7. The summed E-state index contributed by atoms with van der Waals surface area (Å²) in [6.45, 7) is 2.08. The fourth-order valence-electron chi connectivity index (χ4n) is 1.65. The molecule has 0 N–H and O–H groups in total. The summed E-state index contributed by atoms with van der Waals surface area (Å²) in [5.74, 6) is 0.438. The Morgan fingerprint density at radius 1 is 1.16 bits per heavy atom. The van der Waals surface area contributed by atoms with Crippen LogP contribution in [0.2, 0.25) is 0 Å². The van der Waals surface area contributed by atoms with E-state index in [2.05, 4.69) is 12.0 Å². The van der Waals surface area contributed by atoms with Crippen molar-refractivity contribution in [3.05, 3.63) is 59.9 Å². The van der Waals surface area contributed by atoms with E-state index in [1.54, 1.807) is 43.8 Å². The Balaban J connectivity index is 2.20. The number of benzene rings is 1. The van der Waals surface area contributed by atoms with Crippen molar-refractivity contribution in [3.8, 4) is 5.75 Å². The molecule has 1 heterocycles. The van der Waals surface area contributed by atoms with E-state index in [-0.39, 0.29) is 5.90 Å². The maximum Gasteiger partial charge on any atom is 0.202 e. The molecule has 0 aliphatic rings. The lowest BCUT2D eigenvalue weighted by molar-refractivity contribution is -0.681. The molecule has 19 heavy (non-hydrogen) atoms. The van der Waals surface area contributed by atoms with Crippen LogP contribution in [0, 0.1) is 0 Å². The lowest BCUT2D eigenvalue weighted by Gasteiger charge is -2.07. The Labute approximate surface area is 112 Å². The third kappa shape index (κ3) is 3.31. The highest BCUT2D eigenvalue weighted by atomic mass is 16.5. The fraction of sp³-hybridized carbons (Fsp3) is 0.200. The van der Waals surface area contributed by atoms with Crippen LogP contribution in [0.5, 0.6) is 5.75 Å². The van der Waals surface area contributed by atoms with E-state index in [0.29, 0.717) is 5.56 Å². The first-order valence-corrected chi connectivity index (χ1v) is 6.13. The van der Waals surface area contributed by atoms with Crippen molar-refractivity contribution >= 4 is 5.90 Å². The van der Waals surface area contributed by atoms with Gasteiger partial charge in [0.25, 0.3) is 0 Å². The van der Waals surface area contributed by atoms with E-state index >= 15 is 0 Å². The predicted molar refractivity (Wildman–Crippen MR) is 70.9 cm³/mol. The zero-order valence-corrected chi connectivity index (χ0v) is 11.0. The first-order chi connectivity index (χ1) is 9.22. The van der Waals surface area contributed by atoms with E-state index in [4.69, 9.17) is 4.74 Å². The van der Waals surface area contributed by atoms with Crippen molar-refractivity contribution in [2.45, 2.75) is 13.3 Å². The van der Waals surface area contributed by atoms with Gasteiger partial charge in [-0.25, -0.2) is 0 Å². The summed E-state index contributed by atoms with van der Waals surface area (Å²) in [4.78, 5) is 0. The highest BCUT2D eigenvalue weighted by Gasteiger charge is 2.00. The third-order valence-electron chi connectivity index (χ3n) is 2.83. The van der Waals surface area contributed by atoms with Gasteiger partial charge in [0.15, 0.2) is 0 Å². The Bertz CT molecular complexity index is 560. The van der Waals surface area contributed by atoms with Crippen molar-refractivity contribution in [2.24, 2.45) is 5.10 Å². The fourth-order valence-corrected chi connectivity index (χ4v) is 1.65. The number of hydrogen-bond donors (Lipinski definition) is 0. The van der Waals surface area contributed by atoms with Gasteiger partial charge in [0.05, 0.1) is 13.0 Å². The van der Waals surface area contributed by atoms with Crippen molar-refractivity contribution in [1.82, 2.24) is 0 Å². The second kappa shape index (κ2) is 6.00. The highest BCUT2D eigenvalue weighted by molar-refractivity contribution is 5.90. The van der Waals surface area contributed by atoms with E-state index in [1.807, 2.05) is 12.1 Å². The predicted octanol–water partition coefficient (Wildman–Crippen LogP) is 1.12. The van der Waals surface area contributed by atoms with E-state index in [1.165, 1.54) is 10.2 Å². The lowest BCUT2D eigenvalue weighted by atomic mass is 10.2. The molecular weight excluding hydrogens is 240 g/mol. The second-order valence-electron chi connectivity index (χ2n) is 4.07. The molecular formula is C15H16N2O2. The Kier molecular flexibility index (Phi) is 4.13. The average Bonchev–Trinajstić information content (AvgIpc) is 2.48. The minimum absolute atomic E-state index is 0.281. The molecule has 0 atom stereocenters. The molecule has 2 rings (SSSR count). The summed E-state index contributed by atoms with van der Waals surface area (Å²) >= 11 is 0. The largest absolute Gasteiger partial charge is 0.854 e. The van der Waals surface area contributed by atoms with E-state index in [0.717, 1.165) is 12.2 Å². The SMILES string of the molecule is CCc1cc[n+](/N=C(/[O-])c2ccc(OC)cc2)cc1. The van der Waals surface area contributed by atoms with E-state index < -0.39 is 0 Å². The Morgan fingerprint density at radius 2 is 1.79 bits per heavy atom. The van der Waals surface area contributed by atoms with Gasteiger partial charge < -0.3 is 9.84 Å². The van der Waals surface area contributed by atoms with Crippen LogP contribution in [0.25, 0.3) is 0 Å². The molecule has 4 nitrogen and oxygen atoms in total. The number of aryl methyl sites for hydroxylation is 1. The van der Waals surface area contributed by atoms with Crippen molar-refractivity contribution in [1.29, 1.82) is 0 Å². The summed E-state index contributed by atoms with van der Waals surface area (Å²) in [5.41, 5.74) is 1.75. The molecule has 0 saturated carbocycles. The monoisotopic (exact) mass is 256 g/mol. The normalized spacial score (nSPS) is 11.4. The molecule has 4 heteroatoms. The van der Waals surface area contributed by atoms with Crippen LogP contribution in [0.3, 0.4) is 0 Å². The van der Waals surface area contributed by atoms with Crippen LogP contribution in [0.15, 0.2) is 53.9 Å². The molecule has 0 spiro atoms. The standard InChI is InChI=1S/C15H16N2O2/c1-3-12-8-10-17(11-9-12)16-15(18)13-4-6-14(19-2)7-5-13/h4-11H,3H2,1-2H3. The molecule has 0 fully saturated rings.